The Hall–Kier alpha value is -2.70. The molecule has 1 unspecified atom stereocenters. The Balaban J connectivity index is 1.57. The summed E-state index contributed by atoms with van der Waals surface area (Å²) >= 11 is 0. The number of carbonyl (C=O) groups is 2. The summed E-state index contributed by atoms with van der Waals surface area (Å²) < 4.78 is 10.3. The van der Waals surface area contributed by atoms with Crippen LogP contribution in [0.15, 0.2) is 28.8 Å². The Kier molecular flexibility index (Phi) is 4.83. The van der Waals surface area contributed by atoms with Crippen LogP contribution in [0.4, 0.5) is 5.69 Å². The van der Waals surface area contributed by atoms with Crippen molar-refractivity contribution in [3.05, 3.63) is 41.5 Å². The number of benzene rings is 1. The molecule has 0 radical (unpaired) electrons. The van der Waals surface area contributed by atoms with Gasteiger partial charge in [0.15, 0.2) is 12.4 Å². The summed E-state index contributed by atoms with van der Waals surface area (Å²) in [5.41, 5.74) is 1.91. The molecule has 1 fully saturated rings. The van der Waals surface area contributed by atoms with Crippen molar-refractivity contribution < 1.29 is 18.8 Å². The van der Waals surface area contributed by atoms with E-state index in [2.05, 4.69) is 10.1 Å². The van der Waals surface area contributed by atoms with E-state index in [4.69, 9.17) is 9.26 Å². The third-order valence-electron chi connectivity index (χ3n) is 4.14. The fourth-order valence-corrected chi connectivity index (χ4v) is 2.65. The van der Waals surface area contributed by atoms with E-state index in [1.165, 1.54) is 0 Å². The van der Waals surface area contributed by atoms with E-state index in [0.717, 1.165) is 11.3 Å². The minimum atomic E-state index is -0.485. The van der Waals surface area contributed by atoms with E-state index < -0.39 is 11.9 Å². The normalized spacial score (nSPS) is 17.4. The lowest BCUT2D eigenvalue weighted by Crippen LogP contribution is -2.26. The zero-order valence-corrected chi connectivity index (χ0v) is 14.6. The highest BCUT2D eigenvalue weighted by Crippen LogP contribution is 2.26. The molecule has 1 aromatic carbocycles. The quantitative estimate of drug-likeness (QED) is 0.776. The summed E-state index contributed by atoms with van der Waals surface area (Å²) in [6.45, 7) is 6.13. The number of esters is 1. The smallest absolute Gasteiger partial charge is 0.311 e. The first-order valence-electron chi connectivity index (χ1n) is 8.30. The fourth-order valence-electron chi connectivity index (χ4n) is 2.65. The second-order valence-electron chi connectivity index (χ2n) is 6.55. The van der Waals surface area contributed by atoms with E-state index in [1.54, 1.807) is 4.90 Å². The Morgan fingerprint density at radius 1 is 1.36 bits per heavy atom. The Bertz CT molecular complexity index is 767. The monoisotopic (exact) mass is 343 g/mol. The predicted octanol–water partition coefficient (Wildman–Crippen LogP) is 2.60. The molecule has 132 valence electrons. The summed E-state index contributed by atoms with van der Waals surface area (Å²) in [6, 6.07) is 7.64. The lowest BCUT2D eigenvalue weighted by atomic mass is 10.1. The Labute approximate surface area is 146 Å². The van der Waals surface area contributed by atoms with Gasteiger partial charge in [0.2, 0.25) is 5.91 Å². The lowest BCUT2D eigenvalue weighted by molar-refractivity contribution is -0.150. The Morgan fingerprint density at radius 2 is 2.08 bits per heavy atom. The number of hydrogen-bond donors (Lipinski definition) is 0. The molecule has 25 heavy (non-hydrogen) atoms. The number of nitrogens with zero attached hydrogens (tertiary/aromatic N) is 3. The molecule has 1 amide bonds. The number of anilines is 1. The summed E-state index contributed by atoms with van der Waals surface area (Å²) in [5, 5.41) is 3.82. The van der Waals surface area contributed by atoms with E-state index in [1.807, 2.05) is 45.0 Å². The van der Waals surface area contributed by atoms with Crippen molar-refractivity contribution in [2.24, 2.45) is 5.92 Å². The van der Waals surface area contributed by atoms with Crippen LogP contribution in [-0.4, -0.2) is 28.6 Å². The van der Waals surface area contributed by atoms with Gasteiger partial charge in [-0.3, -0.25) is 9.59 Å². The zero-order valence-electron chi connectivity index (χ0n) is 14.6. The molecule has 1 atom stereocenters. The van der Waals surface area contributed by atoms with Gasteiger partial charge in [-0.2, -0.15) is 4.98 Å². The molecule has 2 aromatic rings. The summed E-state index contributed by atoms with van der Waals surface area (Å²) in [5.74, 6) is -0.00707. The molecule has 2 heterocycles. The van der Waals surface area contributed by atoms with Gasteiger partial charge in [0, 0.05) is 24.6 Å². The fraction of sp³-hybridized carbons (Fsp3) is 0.444. The third-order valence-corrected chi connectivity index (χ3v) is 4.14. The van der Waals surface area contributed by atoms with Crippen LogP contribution < -0.4 is 4.90 Å². The molecule has 7 nitrogen and oxygen atoms in total. The van der Waals surface area contributed by atoms with Gasteiger partial charge in [-0.15, -0.1) is 0 Å². The van der Waals surface area contributed by atoms with Crippen molar-refractivity contribution in [3.8, 4) is 0 Å². The van der Waals surface area contributed by atoms with Crippen LogP contribution in [0.25, 0.3) is 0 Å². The number of ether oxygens (including phenoxy) is 1. The highest BCUT2D eigenvalue weighted by atomic mass is 16.6. The van der Waals surface area contributed by atoms with Crippen LogP contribution in [0.2, 0.25) is 0 Å². The van der Waals surface area contributed by atoms with E-state index >= 15 is 0 Å². The van der Waals surface area contributed by atoms with Crippen LogP contribution in [-0.2, 0) is 20.9 Å². The molecule has 0 saturated carbocycles. The maximum atomic E-state index is 12.2. The second-order valence-corrected chi connectivity index (χ2v) is 6.55. The first-order chi connectivity index (χ1) is 11.9. The zero-order chi connectivity index (χ0) is 18.0. The number of carbonyl (C=O) groups excluding carboxylic acids is 2. The molecule has 1 aliphatic rings. The standard InChI is InChI=1S/C18H21N3O4/c1-11(2)17-19-15(25-20-17)10-24-18(23)13-8-16(22)21(9-13)14-6-4-12(3)5-7-14/h4-7,11,13H,8-10H2,1-3H3. The van der Waals surface area contributed by atoms with Crippen LogP contribution in [0, 0.1) is 12.8 Å². The van der Waals surface area contributed by atoms with Crippen LogP contribution in [0.1, 0.15) is 43.5 Å². The maximum absolute atomic E-state index is 12.2. The van der Waals surface area contributed by atoms with Crippen LogP contribution in [0.5, 0.6) is 0 Å². The van der Waals surface area contributed by atoms with Crippen molar-refractivity contribution in [1.82, 2.24) is 10.1 Å². The van der Waals surface area contributed by atoms with E-state index in [-0.39, 0.29) is 30.7 Å². The molecule has 1 aliphatic heterocycles. The van der Waals surface area contributed by atoms with Crippen molar-refractivity contribution >= 4 is 17.6 Å². The summed E-state index contributed by atoms with van der Waals surface area (Å²) in [4.78, 5) is 30.2. The van der Waals surface area contributed by atoms with Gasteiger partial charge >= 0.3 is 5.97 Å². The molecule has 0 N–H and O–H groups in total. The first kappa shape index (κ1) is 17.1. The minimum Gasteiger partial charge on any atom is -0.455 e. The molecular formula is C18H21N3O4. The van der Waals surface area contributed by atoms with E-state index in [0.29, 0.717) is 12.4 Å². The summed E-state index contributed by atoms with van der Waals surface area (Å²) in [7, 11) is 0. The van der Waals surface area contributed by atoms with Gasteiger partial charge in [-0.1, -0.05) is 36.7 Å². The number of aromatic nitrogens is 2. The molecule has 3 rings (SSSR count). The van der Waals surface area contributed by atoms with Crippen molar-refractivity contribution in [2.45, 2.75) is 39.7 Å². The number of amides is 1. The van der Waals surface area contributed by atoms with Gasteiger partial charge in [0.1, 0.15) is 0 Å². The lowest BCUT2D eigenvalue weighted by Gasteiger charge is -2.16. The number of rotatable bonds is 5. The third kappa shape index (κ3) is 3.87. The molecular weight excluding hydrogens is 322 g/mol. The molecule has 0 aliphatic carbocycles. The largest absolute Gasteiger partial charge is 0.455 e. The van der Waals surface area contributed by atoms with Gasteiger partial charge < -0.3 is 14.2 Å². The average Bonchev–Trinajstić information content (AvgIpc) is 3.20. The first-order valence-corrected chi connectivity index (χ1v) is 8.30. The van der Waals surface area contributed by atoms with Gasteiger partial charge in [-0.25, -0.2) is 0 Å². The molecule has 0 spiro atoms. The SMILES string of the molecule is Cc1ccc(N2CC(C(=O)OCc3nc(C(C)C)no3)CC2=O)cc1. The van der Waals surface area contributed by atoms with Crippen molar-refractivity contribution in [1.29, 1.82) is 0 Å². The van der Waals surface area contributed by atoms with Gasteiger partial charge in [0.05, 0.1) is 5.92 Å². The minimum absolute atomic E-state index is 0.0756. The number of aryl methyl sites for hydroxylation is 1. The number of hydrogen-bond acceptors (Lipinski definition) is 6. The van der Waals surface area contributed by atoms with Crippen LogP contribution >= 0.6 is 0 Å². The van der Waals surface area contributed by atoms with Gasteiger partial charge in [-0.05, 0) is 19.1 Å². The van der Waals surface area contributed by atoms with Crippen LogP contribution in [0.3, 0.4) is 0 Å². The second kappa shape index (κ2) is 7.04. The highest BCUT2D eigenvalue weighted by Gasteiger charge is 2.36. The predicted molar refractivity (Wildman–Crippen MR) is 89.8 cm³/mol. The Morgan fingerprint density at radius 3 is 2.72 bits per heavy atom. The highest BCUT2D eigenvalue weighted by molar-refractivity contribution is 5.99. The van der Waals surface area contributed by atoms with Crippen molar-refractivity contribution in [2.75, 3.05) is 11.4 Å². The van der Waals surface area contributed by atoms with E-state index in [9.17, 15) is 9.59 Å². The average molecular weight is 343 g/mol. The molecule has 1 aromatic heterocycles. The summed E-state index contributed by atoms with van der Waals surface area (Å²) in [6.07, 6.45) is 0.147. The van der Waals surface area contributed by atoms with Crippen molar-refractivity contribution in [3.63, 3.8) is 0 Å². The molecule has 0 bridgehead atoms. The molecule has 7 heteroatoms. The maximum Gasteiger partial charge on any atom is 0.311 e. The molecule has 1 saturated heterocycles. The topological polar surface area (TPSA) is 85.5 Å². The van der Waals surface area contributed by atoms with Gasteiger partial charge in [0.25, 0.3) is 5.89 Å².